The molecule has 3 rings (SSSR count). The number of hydrogen-bond acceptors (Lipinski definition) is 4. The van der Waals surface area contributed by atoms with E-state index in [1.807, 2.05) is 24.3 Å². The second-order valence-electron chi connectivity index (χ2n) is 3.93. The normalized spacial score (nSPS) is 10.2. The molecule has 0 aliphatic carbocycles. The van der Waals surface area contributed by atoms with Crippen molar-refractivity contribution < 1.29 is 0 Å². The number of thiophene rings is 1. The fraction of sp³-hybridized carbons (Fsp3) is 0.0769. The predicted octanol–water partition coefficient (Wildman–Crippen LogP) is 4.82. The number of fused-ring (bicyclic) bond motifs is 1. The summed E-state index contributed by atoms with van der Waals surface area (Å²) in [6.07, 6.45) is 1.57. The minimum atomic E-state index is 0. The minimum Gasteiger partial charge on any atom is -0.340 e. The van der Waals surface area contributed by atoms with Crippen molar-refractivity contribution in [2.75, 3.05) is 5.32 Å². The van der Waals surface area contributed by atoms with Gasteiger partial charge in [0.1, 0.15) is 17.0 Å². The van der Waals surface area contributed by atoms with E-state index in [-0.39, 0.29) is 12.4 Å². The lowest BCUT2D eigenvalue weighted by molar-refractivity contribution is 1.23. The van der Waals surface area contributed by atoms with Gasteiger partial charge in [0.25, 0.3) is 0 Å². The first kappa shape index (κ1) is 14.1. The first-order valence-electron chi connectivity index (χ1n) is 5.46. The molecule has 3 nitrogen and oxygen atoms in total. The van der Waals surface area contributed by atoms with Gasteiger partial charge >= 0.3 is 0 Å². The molecule has 3 aromatic rings. The Bertz CT molecular complexity index is 712. The van der Waals surface area contributed by atoms with Gasteiger partial charge in [0, 0.05) is 15.6 Å². The van der Waals surface area contributed by atoms with Crippen LogP contribution in [-0.4, -0.2) is 9.97 Å². The van der Waals surface area contributed by atoms with E-state index in [0.717, 1.165) is 21.7 Å². The van der Waals surface area contributed by atoms with E-state index in [1.54, 1.807) is 17.7 Å². The Labute approximate surface area is 126 Å². The fourth-order valence-electron chi connectivity index (χ4n) is 1.78. The van der Waals surface area contributed by atoms with Crippen LogP contribution in [0.5, 0.6) is 0 Å². The highest BCUT2D eigenvalue weighted by Crippen LogP contribution is 2.29. The standard InChI is InChI=1S/C13H10ClN3S.ClH/c1-8-5-11-12(15-7-16-13(11)18-8)17-10-4-2-3-9(14)6-10;/h2-7H,1H3,(H,15,16,17);1H. The van der Waals surface area contributed by atoms with Gasteiger partial charge in [0.05, 0.1) is 5.39 Å². The van der Waals surface area contributed by atoms with Crippen LogP contribution in [0.15, 0.2) is 36.7 Å². The first-order valence-corrected chi connectivity index (χ1v) is 6.65. The summed E-state index contributed by atoms with van der Waals surface area (Å²) in [5.74, 6) is 0.812. The maximum atomic E-state index is 5.96. The number of benzene rings is 1. The quantitative estimate of drug-likeness (QED) is 0.737. The molecule has 0 amide bonds. The van der Waals surface area contributed by atoms with Gasteiger partial charge in [-0.1, -0.05) is 17.7 Å². The molecule has 2 heterocycles. The molecular weight excluding hydrogens is 301 g/mol. The summed E-state index contributed by atoms with van der Waals surface area (Å²) in [6.45, 7) is 2.06. The average molecular weight is 312 g/mol. The Balaban J connectivity index is 0.00000133. The summed E-state index contributed by atoms with van der Waals surface area (Å²) in [7, 11) is 0. The average Bonchev–Trinajstić information content (AvgIpc) is 2.71. The molecule has 1 N–H and O–H groups in total. The van der Waals surface area contributed by atoms with E-state index in [0.29, 0.717) is 5.02 Å². The largest absolute Gasteiger partial charge is 0.340 e. The van der Waals surface area contributed by atoms with Crippen LogP contribution in [0.25, 0.3) is 10.2 Å². The van der Waals surface area contributed by atoms with Crippen molar-refractivity contribution in [3.05, 3.63) is 46.6 Å². The van der Waals surface area contributed by atoms with Crippen molar-refractivity contribution >= 4 is 57.1 Å². The maximum absolute atomic E-state index is 5.96. The summed E-state index contributed by atoms with van der Waals surface area (Å²) < 4.78 is 0. The smallest absolute Gasteiger partial charge is 0.142 e. The summed E-state index contributed by atoms with van der Waals surface area (Å²) in [5, 5.41) is 5.01. The van der Waals surface area contributed by atoms with Crippen LogP contribution < -0.4 is 5.32 Å². The Hall–Kier alpha value is -1.36. The molecule has 0 radical (unpaired) electrons. The molecule has 0 atom stereocenters. The van der Waals surface area contributed by atoms with Crippen LogP contribution in [0.4, 0.5) is 11.5 Å². The number of aromatic nitrogens is 2. The van der Waals surface area contributed by atoms with Crippen molar-refractivity contribution in [3.63, 3.8) is 0 Å². The summed E-state index contributed by atoms with van der Waals surface area (Å²) in [6, 6.07) is 9.67. The third-order valence-corrected chi connectivity index (χ3v) is 3.73. The molecule has 0 bridgehead atoms. The van der Waals surface area contributed by atoms with E-state index >= 15 is 0 Å². The van der Waals surface area contributed by atoms with Gasteiger partial charge in [-0.15, -0.1) is 23.7 Å². The lowest BCUT2D eigenvalue weighted by Crippen LogP contribution is -1.94. The molecule has 98 valence electrons. The zero-order valence-corrected chi connectivity index (χ0v) is 12.4. The second kappa shape index (κ2) is 5.74. The third-order valence-electron chi connectivity index (χ3n) is 2.54. The van der Waals surface area contributed by atoms with Crippen LogP contribution in [0.3, 0.4) is 0 Å². The fourth-order valence-corrected chi connectivity index (χ4v) is 2.82. The van der Waals surface area contributed by atoms with E-state index < -0.39 is 0 Å². The minimum absolute atomic E-state index is 0. The summed E-state index contributed by atoms with van der Waals surface area (Å²) in [5.41, 5.74) is 0.923. The Morgan fingerprint density at radius 1 is 1.21 bits per heavy atom. The zero-order chi connectivity index (χ0) is 12.5. The monoisotopic (exact) mass is 311 g/mol. The van der Waals surface area contributed by atoms with Crippen molar-refractivity contribution in [2.24, 2.45) is 0 Å². The lowest BCUT2D eigenvalue weighted by Gasteiger charge is -2.06. The van der Waals surface area contributed by atoms with Gasteiger partial charge in [-0.05, 0) is 31.2 Å². The number of rotatable bonds is 2. The van der Waals surface area contributed by atoms with Crippen LogP contribution in [-0.2, 0) is 0 Å². The first-order chi connectivity index (χ1) is 8.72. The van der Waals surface area contributed by atoms with Crippen molar-refractivity contribution in [1.82, 2.24) is 9.97 Å². The molecule has 19 heavy (non-hydrogen) atoms. The topological polar surface area (TPSA) is 37.8 Å². The lowest BCUT2D eigenvalue weighted by atomic mass is 10.3. The number of halogens is 2. The van der Waals surface area contributed by atoms with Crippen molar-refractivity contribution in [1.29, 1.82) is 0 Å². The zero-order valence-electron chi connectivity index (χ0n) is 10.1. The number of aryl methyl sites for hydroxylation is 1. The van der Waals surface area contributed by atoms with Crippen molar-refractivity contribution in [2.45, 2.75) is 6.92 Å². The van der Waals surface area contributed by atoms with Gasteiger partial charge in [0.15, 0.2) is 0 Å². The number of hydrogen-bond donors (Lipinski definition) is 1. The molecular formula is C13H11Cl2N3S. The van der Waals surface area contributed by atoms with Crippen LogP contribution in [0.1, 0.15) is 4.88 Å². The summed E-state index contributed by atoms with van der Waals surface area (Å²) >= 11 is 7.63. The van der Waals surface area contributed by atoms with Crippen molar-refractivity contribution in [3.8, 4) is 0 Å². The SMILES string of the molecule is Cc1cc2c(Nc3cccc(Cl)c3)ncnc2s1.Cl. The van der Waals surface area contributed by atoms with Crippen LogP contribution in [0.2, 0.25) is 5.02 Å². The van der Waals surface area contributed by atoms with E-state index in [1.165, 1.54) is 4.88 Å². The maximum Gasteiger partial charge on any atom is 0.142 e. The molecule has 0 saturated heterocycles. The molecule has 6 heteroatoms. The van der Waals surface area contributed by atoms with Gasteiger partial charge < -0.3 is 5.32 Å². The number of nitrogens with zero attached hydrogens (tertiary/aromatic N) is 2. The molecule has 2 aromatic heterocycles. The highest BCUT2D eigenvalue weighted by molar-refractivity contribution is 7.18. The third kappa shape index (κ3) is 2.97. The number of anilines is 2. The van der Waals surface area contributed by atoms with Crippen LogP contribution >= 0.6 is 35.3 Å². The molecule has 0 fully saturated rings. The highest BCUT2D eigenvalue weighted by atomic mass is 35.5. The number of nitrogens with one attached hydrogen (secondary N) is 1. The Kier molecular flexibility index (Phi) is 4.24. The van der Waals surface area contributed by atoms with Gasteiger partial charge in [-0.2, -0.15) is 0 Å². The second-order valence-corrected chi connectivity index (χ2v) is 5.60. The molecule has 0 spiro atoms. The van der Waals surface area contributed by atoms with Crippen LogP contribution in [0, 0.1) is 6.92 Å². The van der Waals surface area contributed by atoms with E-state index in [9.17, 15) is 0 Å². The molecule has 0 unspecified atom stereocenters. The van der Waals surface area contributed by atoms with Gasteiger partial charge in [-0.3, -0.25) is 0 Å². The predicted molar refractivity (Wildman–Crippen MR) is 84.1 cm³/mol. The Morgan fingerprint density at radius 3 is 2.84 bits per heavy atom. The van der Waals surface area contributed by atoms with E-state index in [2.05, 4.69) is 28.3 Å². The Morgan fingerprint density at radius 2 is 2.05 bits per heavy atom. The van der Waals surface area contributed by atoms with Gasteiger partial charge in [-0.25, -0.2) is 9.97 Å². The summed E-state index contributed by atoms with van der Waals surface area (Å²) in [4.78, 5) is 10.8. The molecule has 0 aliphatic rings. The van der Waals surface area contributed by atoms with E-state index in [4.69, 9.17) is 11.6 Å². The van der Waals surface area contributed by atoms with Gasteiger partial charge in [0.2, 0.25) is 0 Å². The highest BCUT2D eigenvalue weighted by Gasteiger charge is 2.07. The molecule has 1 aromatic carbocycles. The molecule has 0 saturated carbocycles. The molecule has 0 aliphatic heterocycles.